The number of rotatable bonds is 0. The Labute approximate surface area is 47.1 Å². The number of nitrogens with zero attached hydrogens (tertiary/aromatic N) is 2. The highest BCUT2D eigenvalue weighted by molar-refractivity contribution is 7.74. The van der Waals surface area contributed by atoms with E-state index in [2.05, 4.69) is 9.98 Å². The lowest BCUT2D eigenvalue weighted by Gasteiger charge is -1.66. The van der Waals surface area contributed by atoms with Crippen LogP contribution in [0.2, 0.25) is 0 Å². The van der Waals surface area contributed by atoms with Crippen molar-refractivity contribution in [2.45, 2.75) is 0 Å². The van der Waals surface area contributed by atoms with E-state index in [4.69, 9.17) is 0 Å². The van der Waals surface area contributed by atoms with Crippen LogP contribution in [0.25, 0.3) is 0 Å². The Hall–Kier alpha value is -0.970. The summed E-state index contributed by atoms with van der Waals surface area (Å²) < 4.78 is 19.9. The molecule has 0 spiro atoms. The summed E-state index contributed by atoms with van der Waals surface area (Å²) in [4.78, 5) is 6.82. The molecule has 0 saturated carbocycles. The quantitative estimate of drug-likeness (QED) is 0.399. The number of hydrogen-bond donors (Lipinski definition) is 0. The zero-order valence-corrected chi connectivity index (χ0v) is 4.59. The standard InChI is InChI=1S/C3H2N2O2S/c6-8(7)3-1-4-2-5-3/h1-2H. The van der Waals surface area contributed by atoms with Crippen molar-refractivity contribution in [3.63, 3.8) is 0 Å². The van der Waals surface area contributed by atoms with E-state index in [0.29, 0.717) is 0 Å². The van der Waals surface area contributed by atoms with Crippen LogP contribution in [0.5, 0.6) is 0 Å². The number of hydrogen-bond acceptors (Lipinski definition) is 3. The van der Waals surface area contributed by atoms with Gasteiger partial charge >= 0.3 is 0 Å². The van der Waals surface area contributed by atoms with Crippen molar-refractivity contribution in [3.8, 4) is 0 Å². The zero-order chi connectivity index (χ0) is 5.98. The highest BCUT2D eigenvalue weighted by Crippen LogP contribution is 1.78. The lowest BCUT2D eigenvalue weighted by molar-refractivity contribution is 0.627. The summed E-state index contributed by atoms with van der Waals surface area (Å²) in [5.74, 6) is 0. The van der Waals surface area contributed by atoms with Gasteiger partial charge in [-0.05, 0) is 0 Å². The monoisotopic (exact) mass is 130 g/mol. The van der Waals surface area contributed by atoms with Gasteiger partial charge in [-0.25, -0.2) is 9.98 Å². The second-order valence-corrected chi connectivity index (χ2v) is 1.98. The molecule has 0 fully saturated rings. The molecule has 5 heteroatoms. The maximum absolute atomic E-state index is 9.96. The second kappa shape index (κ2) is 1.87. The normalized spacial score (nSPS) is 15.2. The van der Waals surface area contributed by atoms with Crippen LogP contribution in [-0.4, -0.2) is 26.0 Å². The molecule has 0 aromatic carbocycles. The van der Waals surface area contributed by atoms with Crippen LogP contribution in [0.3, 0.4) is 0 Å². The molecule has 0 atom stereocenters. The lowest BCUT2D eigenvalue weighted by Crippen LogP contribution is -1.89. The molecule has 8 heavy (non-hydrogen) atoms. The largest absolute Gasteiger partial charge is 0.241 e. The van der Waals surface area contributed by atoms with Crippen LogP contribution in [0.1, 0.15) is 0 Å². The molecule has 1 rings (SSSR count). The topological polar surface area (TPSA) is 58.9 Å². The van der Waals surface area contributed by atoms with Crippen LogP contribution in [0, 0.1) is 0 Å². The molecule has 0 aromatic heterocycles. The van der Waals surface area contributed by atoms with Crippen molar-refractivity contribution in [3.05, 3.63) is 0 Å². The summed E-state index contributed by atoms with van der Waals surface area (Å²) in [7, 11) is -2.22. The Kier molecular flexibility index (Phi) is 1.21. The zero-order valence-electron chi connectivity index (χ0n) is 3.77. The van der Waals surface area contributed by atoms with Gasteiger partial charge in [-0.3, -0.25) is 0 Å². The van der Waals surface area contributed by atoms with Gasteiger partial charge in [0.05, 0.1) is 6.21 Å². The van der Waals surface area contributed by atoms with Crippen LogP contribution in [0.15, 0.2) is 9.98 Å². The summed E-state index contributed by atoms with van der Waals surface area (Å²) in [6.07, 6.45) is 2.37. The fraction of sp³-hybridized carbons (Fsp3) is 0. The first-order valence-electron chi connectivity index (χ1n) is 1.82. The van der Waals surface area contributed by atoms with Crippen LogP contribution in [-0.2, 0) is 10.3 Å². The van der Waals surface area contributed by atoms with E-state index in [-0.39, 0.29) is 4.99 Å². The fourth-order valence-electron chi connectivity index (χ4n) is 0.307. The number of aliphatic imine (C=N–C) groups is 2. The molecule has 0 radical (unpaired) electrons. The molecule has 1 aliphatic rings. The van der Waals surface area contributed by atoms with Gasteiger partial charge in [-0.1, -0.05) is 0 Å². The summed E-state index contributed by atoms with van der Waals surface area (Å²) in [5, 5.41) is 0. The van der Waals surface area contributed by atoms with Gasteiger partial charge in [0.25, 0.3) is 0 Å². The summed E-state index contributed by atoms with van der Waals surface area (Å²) in [5.41, 5.74) is 0. The molecule has 4 nitrogen and oxygen atoms in total. The SMILES string of the molecule is O=S(=O)=C1C=NC=N1. The maximum Gasteiger partial charge on any atom is 0.241 e. The van der Waals surface area contributed by atoms with E-state index in [0.717, 1.165) is 0 Å². The first kappa shape index (κ1) is 5.17. The second-order valence-electron chi connectivity index (χ2n) is 1.10. The molecule has 0 N–H and O–H groups in total. The van der Waals surface area contributed by atoms with Gasteiger partial charge in [-0.15, -0.1) is 0 Å². The summed E-state index contributed by atoms with van der Waals surface area (Å²) >= 11 is 0. The minimum atomic E-state index is -2.22. The van der Waals surface area contributed by atoms with E-state index in [1.165, 1.54) is 12.6 Å². The summed E-state index contributed by atoms with van der Waals surface area (Å²) in [6, 6.07) is 0. The van der Waals surface area contributed by atoms with Gasteiger partial charge in [0, 0.05) is 0 Å². The predicted octanol–water partition coefficient (Wildman–Crippen LogP) is -0.892. The van der Waals surface area contributed by atoms with E-state index >= 15 is 0 Å². The average molecular weight is 130 g/mol. The molecular formula is C3H2N2O2S. The first-order chi connectivity index (χ1) is 3.80. The van der Waals surface area contributed by atoms with E-state index in [9.17, 15) is 8.42 Å². The van der Waals surface area contributed by atoms with Gasteiger partial charge in [0.1, 0.15) is 6.34 Å². The highest BCUT2D eigenvalue weighted by atomic mass is 32.2. The third kappa shape index (κ3) is 0.812. The molecule has 42 valence electrons. The minimum Gasteiger partial charge on any atom is -0.241 e. The lowest BCUT2D eigenvalue weighted by atomic mass is 10.8. The Morgan fingerprint density at radius 1 is 1.50 bits per heavy atom. The average Bonchev–Trinajstić information content (AvgIpc) is 2.12. The third-order valence-corrected chi connectivity index (χ3v) is 1.16. The van der Waals surface area contributed by atoms with Gasteiger partial charge in [-0.2, -0.15) is 8.42 Å². The Morgan fingerprint density at radius 3 is 2.50 bits per heavy atom. The fourth-order valence-corrected chi connectivity index (χ4v) is 0.587. The van der Waals surface area contributed by atoms with Crippen LogP contribution >= 0.6 is 0 Å². The molecule has 0 aliphatic carbocycles. The van der Waals surface area contributed by atoms with Crippen LogP contribution < -0.4 is 0 Å². The van der Waals surface area contributed by atoms with Crippen molar-refractivity contribution in [2.75, 3.05) is 0 Å². The predicted molar refractivity (Wildman–Crippen MR) is 30.9 cm³/mol. The van der Waals surface area contributed by atoms with E-state index < -0.39 is 10.3 Å². The Balaban J connectivity index is 3.29. The van der Waals surface area contributed by atoms with Crippen molar-refractivity contribution < 1.29 is 8.42 Å². The Bertz CT molecular complexity index is 250. The first-order valence-corrected chi connectivity index (χ1v) is 2.90. The van der Waals surface area contributed by atoms with Crippen molar-refractivity contribution in [1.29, 1.82) is 0 Å². The van der Waals surface area contributed by atoms with Crippen LogP contribution in [0.4, 0.5) is 0 Å². The van der Waals surface area contributed by atoms with Crippen molar-refractivity contribution in [1.82, 2.24) is 0 Å². The molecule has 0 unspecified atom stereocenters. The highest BCUT2D eigenvalue weighted by Gasteiger charge is 1.94. The molecule has 0 amide bonds. The smallest absolute Gasteiger partial charge is 0.241 e. The molecule has 0 saturated heterocycles. The molecular weight excluding hydrogens is 128 g/mol. The van der Waals surface area contributed by atoms with Crippen molar-refractivity contribution >= 4 is 27.8 Å². The summed E-state index contributed by atoms with van der Waals surface area (Å²) in [6.45, 7) is 0. The Morgan fingerprint density at radius 2 is 2.25 bits per heavy atom. The van der Waals surface area contributed by atoms with Crippen molar-refractivity contribution in [2.24, 2.45) is 9.98 Å². The third-order valence-electron chi connectivity index (χ3n) is 0.607. The maximum atomic E-state index is 9.96. The van der Waals surface area contributed by atoms with E-state index in [1.54, 1.807) is 0 Å². The molecule has 0 bridgehead atoms. The minimum absolute atomic E-state index is 0.00926. The van der Waals surface area contributed by atoms with Gasteiger partial charge in [0.15, 0.2) is 0 Å². The molecule has 1 heterocycles. The molecule has 1 aliphatic heterocycles. The van der Waals surface area contributed by atoms with E-state index in [1.807, 2.05) is 0 Å². The van der Waals surface area contributed by atoms with Gasteiger partial charge < -0.3 is 0 Å². The van der Waals surface area contributed by atoms with Gasteiger partial charge in [0.2, 0.25) is 15.3 Å². The molecule has 0 aromatic rings.